The van der Waals surface area contributed by atoms with Crippen LogP contribution in [0.25, 0.3) is 11.4 Å². The lowest BCUT2D eigenvalue weighted by atomic mass is 10.2. The summed E-state index contributed by atoms with van der Waals surface area (Å²) in [5.41, 5.74) is 1.15. The Bertz CT molecular complexity index is 1010. The number of rotatable bonds is 6. The topological polar surface area (TPSA) is 73.8 Å². The van der Waals surface area contributed by atoms with Gasteiger partial charge < -0.3 is 19.1 Å². The van der Waals surface area contributed by atoms with Crippen molar-refractivity contribution < 1.29 is 19.0 Å². The summed E-state index contributed by atoms with van der Waals surface area (Å²) in [6.45, 7) is 1.47. The number of ether oxygens (including phenoxy) is 3. The first-order valence-corrected chi connectivity index (χ1v) is 9.80. The van der Waals surface area contributed by atoms with E-state index in [0.29, 0.717) is 17.1 Å². The molecule has 7 heteroatoms. The molecule has 154 valence electrons. The smallest absolute Gasteiger partial charge is 0.260 e. The molecule has 7 nitrogen and oxygen atoms in total. The largest absolute Gasteiger partial charge is 0.497 e. The summed E-state index contributed by atoms with van der Waals surface area (Å²) in [5.74, 6) is 2.62. The highest BCUT2D eigenvalue weighted by Gasteiger charge is 2.25. The predicted octanol–water partition coefficient (Wildman–Crippen LogP) is 4.19. The number of hydrogen-bond donors (Lipinski definition) is 0. The molecule has 1 amide bonds. The van der Waals surface area contributed by atoms with E-state index in [0.717, 1.165) is 43.0 Å². The van der Waals surface area contributed by atoms with Crippen molar-refractivity contribution in [3.8, 4) is 34.5 Å². The van der Waals surface area contributed by atoms with Crippen LogP contribution in [0.4, 0.5) is 0 Å². The van der Waals surface area contributed by atoms with Crippen LogP contribution in [0.15, 0.2) is 54.7 Å². The Morgan fingerprint density at radius 2 is 1.43 bits per heavy atom. The molecule has 1 fully saturated rings. The molecule has 0 saturated carbocycles. The molecule has 1 saturated heterocycles. The number of aromatic nitrogens is 2. The molecule has 0 aliphatic carbocycles. The quantitative estimate of drug-likeness (QED) is 0.612. The number of carbonyl (C=O) groups excluding carboxylic acids is 1. The maximum absolute atomic E-state index is 13.0. The number of amides is 1. The van der Waals surface area contributed by atoms with Gasteiger partial charge in [0.1, 0.15) is 22.8 Å². The highest BCUT2D eigenvalue weighted by Crippen LogP contribution is 2.29. The minimum Gasteiger partial charge on any atom is -0.497 e. The van der Waals surface area contributed by atoms with E-state index in [9.17, 15) is 4.79 Å². The fourth-order valence-electron chi connectivity index (χ4n) is 3.32. The van der Waals surface area contributed by atoms with Gasteiger partial charge in [0.2, 0.25) is 5.88 Å². The Hall–Kier alpha value is -3.61. The number of benzene rings is 2. The number of methoxy groups -OCH3 is 2. The summed E-state index contributed by atoms with van der Waals surface area (Å²) in [6, 6.07) is 14.6. The molecule has 2 heterocycles. The molecule has 0 N–H and O–H groups in total. The Labute approximate surface area is 175 Å². The summed E-state index contributed by atoms with van der Waals surface area (Å²) in [4.78, 5) is 23.8. The highest BCUT2D eigenvalue weighted by molar-refractivity contribution is 5.96. The lowest BCUT2D eigenvalue weighted by Gasteiger charge is -2.17. The standard InChI is InChI=1S/C23H23N3O4/c1-28-17-7-5-16(6-8-17)21-24-15-20(23(27)26-13-3-4-14-26)22(25-21)30-19-11-9-18(29-2)10-12-19/h5-12,15H,3-4,13-14H2,1-2H3. The van der Waals surface area contributed by atoms with Gasteiger partial charge in [-0.2, -0.15) is 4.98 Å². The van der Waals surface area contributed by atoms with Crippen LogP contribution in [0.2, 0.25) is 0 Å². The van der Waals surface area contributed by atoms with E-state index in [2.05, 4.69) is 9.97 Å². The van der Waals surface area contributed by atoms with Crippen LogP contribution in [0, 0.1) is 0 Å². The Morgan fingerprint density at radius 3 is 2.03 bits per heavy atom. The van der Waals surface area contributed by atoms with Gasteiger partial charge >= 0.3 is 0 Å². The molecule has 1 aromatic heterocycles. The van der Waals surface area contributed by atoms with Gasteiger partial charge in [0, 0.05) is 24.8 Å². The molecular weight excluding hydrogens is 382 g/mol. The number of hydrogen-bond acceptors (Lipinski definition) is 6. The minimum atomic E-state index is -0.114. The van der Waals surface area contributed by atoms with Gasteiger partial charge in [0.25, 0.3) is 5.91 Å². The van der Waals surface area contributed by atoms with Crippen LogP contribution in [-0.4, -0.2) is 48.1 Å². The lowest BCUT2D eigenvalue weighted by molar-refractivity contribution is 0.0789. The van der Waals surface area contributed by atoms with Crippen LogP contribution in [0.5, 0.6) is 23.1 Å². The first-order valence-electron chi connectivity index (χ1n) is 9.80. The van der Waals surface area contributed by atoms with Gasteiger partial charge in [-0.3, -0.25) is 4.79 Å². The molecule has 4 rings (SSSR count). The fraction of sp³-hybridized carbons (Fsp3) is 0.261. The van der Waals surface area contributed by atoms with Gasteiger partial charge in [0.05, 0.1) is 14.2 Å². The van der Waals surface area contributed by atoms with E-state index in [1.807, 2.05) is 29.2 Å². The summed E-state index contributed by atoms with van der Waals surface area (Å²) in [7, 11) is 3.22. The molecule has 30 heavy (non-hydrogen) atoms. The predicted molar refractivity (Wildman–Crippen MR) is 112 cm³/mol. The lowest BCUT2D eigenvalue weighted by Crippen LogP contribution is -2.28. The Kier molecular flexibility index (Phi) is 5.79. The zero-order chi connectivity index (χ0) is 20.9. The third-order valence-corrected chi connectivity index (χ3v) is 5.00. The maximum atomic E-state index is 13.0. The van der Waals surface area contributed by atoms with E-state index in [1.54, 1.807) is 44.7 Å². The second-order valence-corrected chi connectivity index (χ2v) is 6.92. The summed E-state index contributed by atoms with van der Waals surface area (Å²) in [6.07, 6.45) is 3.56. The molecule has 0 bridgehead atoms. The fourth-order valence-corrected chi connectivity index (χ4v) is 3.32. The van der Waals surface area contributed by atoms with E-state index in [-0.39, 0.29) is 11.8 Å². The summed E-state index contributed by atoms with van der Waals surface area (Å²) >= 11 is 0. The highest BCUT2D eigenvalue weighted by atomic mass is 16.5. The van der Waals surface area contributed by atoms with Gasteiger partial charge in [-0.1, -0.05) is 0 Å². The van der Waals surface area contributed by atoms with E-state index >= 15 is 0 Å². The van der Waals surface area contributed by atoms with Gasteiger partial charge in [-0.15, -0.1) is 0 Å². The van der Waals surface area contributed by atoms with E-state index in [1.165, 1.54) is 0 Å². The molecule has 1 aliphatic heterocycles. The molecule has 0 spiro atoms. The van der Waals surface area contributed by atoms with Crippen LogP contribution < -0.4 is 14.2 Å². The van der Waals surface area contributed by atoms with Crippen molar-refractivity contribution in [2.24, 2.45) is 0 Å². The first kappa shape index (κ1) is 19.7. The number of carbonyl (C=O) groups is 1. The van der Waals surface area contributed by atoms with Crippen LogP contribution >= 0.6 is 0 Å². The zero-order valence-corrected chi connectivity index (χ0v) is 17.0. The first-order chi connectivity index (χ1) is 14.7. The van der Waals surface area contributed by atoms with E-state index in [4.69, 9.17) is 14.2 Å². The number of likely N-dealkylation sites (tertiary alicyclic amines) is 1. The zero-order valence-electron chi connectivity index (χ0n) is 17.0. The Balaban J connectivity index is 1.70. The van der Waals surface area contributed by atoms with Crippen LogP contribution in [0.1, 0.15) is 23.2 Å². The maximum Gasteiger partial charge on any atom is 0.260 e. The van der Waals surface area contributed by atoms with E-state index < -0.39 is 0 Å². The minimum absolute atomic E-state index is 0.114. The van der Waals surface area contributed by atoms with Crippen LogP contribution in [0.3, 0.4) is 0 Å². The molecule has 0 atom stereocenters. The second kappa shape index (κ2) is 8.82. The number of nitrogens with zero attached hydrogens (tertiary/aromatic N) is 3. The summed E-state index contributed by atoms with van der Waals surface area (Å²) < 4.78 is 16.4. The molecule has 3 aromatic rings. The van der Waals surface area contributed by atoms with Crippen molar-refractivity contribution in [2.75, 3.05) is 27.3 Å². The summed E-state index contributed by atoms with van der Waals surface area (Å²) in [5, 5.41) is 0. The van der Waals surface area contributed by atoms with Gasteiger partial charge in [0.15, 0.2) is 5.82 Å². The SMILES string of the molecule is COc1ccc(Oc2nc(-c3ccc(OC)cc3)ncc2C(=O)N2CCCC2)cc1. The van der Waals surface area contributed by atoms with Crippen molar-refractivity contribution in [3.63, 3.8) is 0 Å². The van der Waals surface area contributed by atoms with Crippen molar-refractivity contribution in [1.82, 2.24) is 14.9 Å². The van der Waals surface area contributed by atoms with Crippen LogP contribution in [-0.2, 0) is 0 Å². The molecule has 0 unspecified atom stereocenters. The average Bonchev–Trinajstić information content (AvgIpc) is 3.34. The normalized spacial score (nSPS) is 13.2. The third-order valence-electron chi connectivity index (χ3n) is 5.00. The molecular formula is C23H23N3O4. The van der Waals surface area contributed by atoms with Crippen molar-refractivity contribution in [3.05, 3.63) is 60.3 Å². The van der Waals surface area contributed by atoms with Crippen molar-refractivity contribution >= 4 is 5.91 Å². The molecule has 1 aliphatic rings. The van der Waals surface area contributed by atoms with Crippen molar-refractivity contribution in [1.29, 1.82) is 0 Å². The second-order valence-electron chi connectivity index (χ2n) is 6.92. The average molecular weight is 405 g/mol. The Morgan fingerprint density at radius 1 is 0.867 bits per heavy atom. The monoisotopic (exact) mass is 405 g/mol. The van der Waals surface area contributed by atoms with Gasteiger partial charge in [-0.25, -0.2) is 4.98 Å². The van der Waals surface area contributed by atoms with Crippen molar-refractivity contribution in [2.45, 2.75) is 12.8 Å². The third kappa shape index (κ3) is 4.20. The molecule has 0 radical (unpaired) electrons. The van der Waals surface area contributed by atoms with Gasteiger partial charge in [-0.05, 0) is 61.4 Å². The molecule has 2 aromatic carbocycles.